The molecule has 0 aliphatic heterocycles. The van der Waals surface area contributed by atoms with Crippen LogP contribution < -0.4 is 9.46 Å². The molecule has 2 aromatic heterocycles. The van der Waals surface area contributed by atoms with Gasteiger partial charge in [-0.25, -0.2) is 18.4 Å². The van der Waals surface area contributed by atoms with Crippen LogP contribution in [0.1, 0.15) is 0 Å². The van der Waals surface area contributed by atoms with Gasteiger partial charge in [-0.3, -0.25) is 4.72 Å². The maximum Gasteiger partial charge on any atom is 0.272 e. The first-order valence-corrected chi connectivity index (χ1v) is 6.91. The molecule has 17 heavy (non-hydrogen) atoms. The van der Waals surface area contributed by atoms with Crippen molar-refractivity contribution in [2.75, 3.05) is 11.8 Å². The summed E-state index contributed by atoms with van der Waals surface area (Å²) < 4.78 is 31.3. The molecule has 6 nitrogen and oxygen atoms in total. The Hall–Kier alpha value is -1.67. The van der Waals surface area contributed by atoms with Gasteiger partial charge in [-0.2, -0.15) is 0 Å². The summed E-state index contributed by atoms with van der Waals surface area (Å²) in [6.45, 7) is 0. The zero-order valence-corrected chi connectivity index (χ0v) is 10.5. The fourth-order valence-electron chi connectivity index (χ4n) is 1.14. The minimum atomic E-state index is -3.62. The summed E-state index contributed by atoms with van der Waals surface area (Å²) in [6.07, 6.45) is 2.80. The molecule has 0 atom stereocenters. The maximum atomic E-state index is 11.9. The second-order valence-electron chi connectivity index (χ2n) is 2.95. The monoisotopic (exact) mass is 271 g/mol. The van der Waals surface area contributed by atoms with E-state index in [0.29, 0.717) is 0 Å². The van der Waals surface area contributed by atoms with Crippen LogP contribution in [-0.2, 0) is 10.0 Å². The van der Waals surface area contributed by atoms with E-state index in [0.717, 1.165) is 11.3 Å². The first-order valence-electron chi connectivity index (χ1n) is 4.55. The van der Waals surface area contributed by atoms with Gasteiger partial charge in [0, 0.05) is 12.4 Å². The van der Waals surface area contributed by atoms with E-state index < -0.39 is 10.0 Å². The molecule has 0 saturated heterocycles. The summed E-state index contributed by atoms with van der Waals surface area (Å²) in [4.78, 5) is 7.73. The molecule has 90 valence electrons. The Labute approximate surface area is 102 Å². The SMILES string of the molecule is COc1nccnc1NS(=O)(=O)c1cccs1. The van der Waals surface area contributed by atoms with E-state index in [2.05, 4.69) is 14.7 Å². The second kappa shape index (κ2) is 4.68. The number of thiophene rings is 1. The van der Waals surface area contributed by atoms with Crippen molar-refractivity contribution >= 4 is 27.2 Å². The molecule has 0 aromatic carbocycles. The number of ether oxygens (including phenoxy) is 1. The Balaban J connectivity index is 2.33. The Bertz CT molecular complexity index is 596. The van der Waals surface area contributed by atoms with Gasteiger partial charge in [0.05, 0.1) is 7.11 Å². The molecule has 0 radical (unpaired) electrons. The zero-order chi connectivity index (χ0) is 12.3. The van der Waals surface area contributed by atoms with Crippen LogP contribution >= 0.6 is 11.3 Å². The van der Waals surface area contributed by atoms with Crippen molar-refractivity contribution in [2.45, 2.75) is 4.21 Å². The lowest BCUT2D eigenvalue weighted by Gasteiger charge is -2.07. The lowest BCUT2D eigenvalue weighted by Crippen LogP contribution is -2.13. The van der Waals surface area contributed by atoms with E-state index in [1.54, 1.807) is 11.4 Å². The summed E-state index contributed by atoms with van der Waals surface area (Å²) >= 11 is 1.12. The standard InChI is InChI=1S/C9H9N3O3S2/c1-15-9-8(10-4-5-11-9)12-17(13,14)7-3-2-6-16-7/h2-6H,1H3,(H,10,12). The van der Waals surface area contributed by atoms with Crippen molar-refractivity contribution in [3.8, 4) is 5.88 Å². The summed E-state index contributed by atoms with van der Waals surface area (Å²) in [6, 6.07) is 3.17. The normalized spacial score (nSPS) is 11.1. The smallest absolute Gasteiger partial charge is 0.272 e. The van der Waals surface area contributed by atoms with Gasteiger partial charge >= 0.3 is 0 Å². The number of nitrogens with zero attached hydrogens (tertiary/aromatic N) is 2. The van der Waals surface area contributed by atoms with Crippen molar-refractivity contribution in [1.29, 1.82) is 0 Å². The molecule has 0 aliphatic carbocycles. The number of hydrogen-bond donors (Lipinski definition) is 1. The Kier molecular flexibility index (Phi) is 3.25. The van der Waals surface area contributed by atoms with Crippen LogP contribution in [0.3, 0.4) is 0 Å². The molecule has 0 amide bonds. The van der Waals surface area contributed by atoms with Crippen molar-refractivity contribution in [3.05, 3.63) is 29.9 Å². The third-order valence-electron chi connectivity index (χ3n) is 1.85. The Morgan fingerprint density at radius 1 is 1.35 bits per heavy atom. The number of aromatic nitrogens is 2. The molecule has 8 heteroatoms. The molecule has 0 aliphatic rings. The van der Waals surface area contributed by atoms with E-state index >= 15 is 0 Å². The van der Waals surface area contributed by atoms with Crippen molar-refractivity contribution < 1.29 is 13.2 Å². The van der Waals surface area contributed by atoms with Gasteiger partial charge in [-0.15, -0.1) is 11.3 Å². The molecule has 0 spiro atoms. The number of sulfonamides is 1. The average molecular weight is 271 g/mol. The Morgan fingerprint density at radius 2 is 2.12 bits per heavy atom. The topological polar surface area (TPSA) is 81.2 Å². The van der Waals surface area contributed by atoms with Gasteiger partial charge in [-0.05, 0) is 11.4 Å². The second-order valence-corrected chi connectivity index (χ2v) is 5.81. The number of methoxy groups -OCH3 is 1. The fourth-order valence-corrected chi connectivity index (χ4v) is 3.14. The highest BCUT2D eigenvalue weighted by Crippen LogP contribution is 2.23. The van der Waals surface area contributed by atoms with Crippen LogP contribution in [-0.4, -0.2) is 25.5 Å². The quantitative estimate of drug-likeness (QED) is 0.907. The van der Waals surface area contributed by atoms with Crippen LogP contribution in [0.2, 0.25) is 0 Å². The molecule has 0 unspecified atom stereocenters. The predicted octanol–water partition coefficient (Wildman–Crippen LogP) is 1.35. The van der Waals surface area contributed by atoms with Crippen LogP contribution in [0.5, 0.6) is 5.88 Å². The molecular weight excluding hydrogens is 262 g/mol. The van der Waals surface area contributed by atoms with Gasteiger partial charge in [-0.1, -0.05) is 6.07 Å². The first kappa shape index (κ1) is 11.8. The average Bonchev–Trinajstić information content (AvgIpc) is 2.83. The predicted molar refractivity (Wildman–Crippen MR) is 63.7 cm³/mol. The van der Waals surface area contributed by atoms with Crippen molar-refractivity contribution in [2.24, 2.45) is 0 Å². The van der Waals surface area contributed by atoms with E-state index in [4.69, 9.17) is 4.74 Å². The molecule has 0 saturated carbocycles. The number of anilines is 1. The van der Waals surface area contributed by atoms with E-state index in [1.807, 2.05) is 0 Å². The van der Waals surface area contributed by atoms with Gasteiger partial charge in [0.15, 0.2) is 0 Å². The van der Waals surface area contributed by atoms with Crippen LogP contribution in [0, 0.1) is 0 Å². The highest BCUT2D eigenvalue weighted by molar-refractivity contribution is 7.94. The van der Waals surface area contributed by atoms with Crippen molar-refractivity contribution in [3.63, 3.8) is 0 Å². The molecule has 2 aromatic rings. The molecule has 1 N–H and O–H groups in total. The van der Waals surface area contributed by atoms with Crippen LogP contribution in [0.4, 0.5) is 5.82 Å². The van der Waals surface area contributed by atoms with Crippen molar-refractivity contribution in [1.82, 2.24) is 9.97 Å². The van der Waals surface area contributed by atoms with Gasteiger partial charge in [0.1, 0.15) is 4.21 Å². The largest absolute Gasteiger partial charge is 0.478 e. The van der Waals surface area contributed by atoms with Gasteiger partial charge in [0.25, 0.3) is 15.9 Å². The lowest BCUT2D eigenvalue weighted by atomic mass is 10.6. The minimum absolute atomic E-state index is 0.0726. The highest BCUT2D eigenvalue weighted by atomic mass is 32.2. The molecule has 2 heterocycles. The van der Waals surface area contributed by atoms with Gasteiger partial charge < -0.3 is 4.74 Å². The van der Waals surface area contributed by atoms with E-state index in [-0.39, 0.29) is 15.9 Å². The summed E-state index contributed by atoms with van der Waals surface area (Å²) in [5.74, 6) is 0.205. The molecule has 2 rings (SSSR count). The van der Waals surface area contributed by atoms with Gasteiger partial charge in [0.2, 0.25) is 5.82 Å². The summed E-state index contributed by atoms with van der Waals surface area (Å²) in [7, 11) is -2.22. The third-order valence-corrected chi connectivity index (χ3v) is 4.59. The summed E-state index contributed by atoms with van der Waals surface area (Å²) in [5.41, 5.74) is 0. The third kappa shape index (κ3) is 2.53. The van der Waals surface area contributed by atoms with Crippen LogP contribution in [0.15, 0.2) is 34.1 Å². The number of nitrogens with one attached hydrogen (secondary N) is 1. The first-order chi connectivity index (χ1) is 8.13. The molecule has 0 fully saturated rings. The summed E-state index contributed by atoms with van der Waals surface area (Å²) in [5, 5.41) is 1.68. The van der Waals surface area contributed by atoms with Crippen LogP contribution in [0.25, 0.3) is 0 Å². The van der Waals surface area contributed by atoms with E-state index in [9.17, 15) is 8.42 Å². The molecular formula is C9H9N3O3S2. The Morgan fingerprint density at radius 3 is 2.76 bits per heavy atom. The number of hydrogen-bond acceptors (Lipinski definition) is 6. The fraction of sp³-hybridized carbons (Fsp3) is 0.111. The maximum absolute atomic E-state index is 11.9. The number of rotatable bonds is 4. The van der Waals surface area contributed by atoms with E-state index in [1.165, 1.54) is 25.6 Å². The lowest BCUT2D eigenvalue weighted by molar-refractivity contribution is 0.398. The minimum Gasteiger partial charge on any atom is -0.478 e. The highest BCUT2D eigenvalue weighted by Gasteiger charge is 2.18. The molecule has 0 bridgehead atoms. The zero-order valence-electron chi connectivity index (χ0n) is 8.82.